The predicted molar refractivity (Wildman–Crippen MR) is 98.9 cm³/mol. The third-order valence-corrected chi connectivity index (χ3v) is 5.10. The second-order valence-electron chi connectivity index (χ2n) is 6.62. The number of para-hydroxylation sites is 1. The molecule has 0 amide bonds. The number of hydrogen-bond acceptors (Lipinski definition) is 4. The molecular weight excluding hydrogens is 314 g/mol. The van der Waals surface area contributed by atoms with Crippen LogP contribution >= 0.6 is 0 Å². The molecule has 0 bridgehead atoms. The molecule has 0 aromatic heterocycles. The molecule has 1 aliphatic rings. The van der Waals surface area contributed by atoms with Crippen LogP contribution in [0.4, 0.5) is 0 Å². The molecule has 0 spiro atoms. The summed E-state index contributed by atoms with van der Waals surface area (Å²) in [4.78, 5) is 2.42. The van der Waals surface area contributed by atoms with E-state index in [1.807, 2.05) is 42.5 Å². The minimum Gasteiger partial charge on any atom is -0.493 e. The van der Waals surface area contributed by atoms with E-state index in [9.17, 15) is 5.11 Å². The van der Waals surface area contributed by atoms with Crippen molar-refractivity contribution in [2.24, 2.45) is 5.92 Å². The fourth-order valence-electron chi connectivity index (χ4n) is 3.67. The highest BCUT2D eigenvalue weighted by atomic mass is 16.5. The molecule has 1 unspecified atom stereocenters. The topological polar surface area (TPSA) is 41.9 Å². The van der Waals surface area contributed by atoms with Gasteiger partial charge in [-0.15, -0.1) is 0 Å². The summed E-state index contributed by atoms with van der Waals surface area (Å²) in [6, 6.07) is 16.0. The highest BCUT2D eigenvalue weighted by molar-refractivity contribution is 5.46. The van der Waals surface area contributed by atoms with Crippen LogP contribution in [0.15, 0.2) is 48.5 Å². The first-order valence-electron chi connectivity index (χ1n) is 8.88. The second kappa shape index (κ2) is 8.37. The molecule has 1 aliphatic heterocycles. The van der Waals surface area contributed by atoms with Gasteiger partial charge in [0.25, 0.3) is 0 Å². The molecule has 1 heterocycles. The van der Waals surface area contributed by atoms with Gasteiger partial charge >= 0.3 is 0 Å². The second-order valence-corrected chi connectivity index (χ2v) is 6.62. The van der Waals surface area contributed by atoms with Crippen molar-refractivity contribution in [3.8, 4) is 11.5 Å². The van der Waals surface area contributed by atoms with Gasteiger partial charge < -0.3 is 14.6 Å². The van der Waals surface area contributed by atoms with Crippen LogP contribution in [0.2, 0.25) is 0 Å². The van der Waals surface area contributed by atoms with Crippen LogP contribution in [0.5, 0.6) is 11.5 Å². The lowest BCUT2D eigenvalue weighted by atomic mass is 9.87. The van der Waals surface area contributed by atoms with E-state index in [2.05, 4.69) is 11.0 Å². The summed E-state index contributed by atoms with van der Waals surface area (Å²) in [6.45, 7) is 2.80. The summed E-state index contributed by atoms with van der Waals surface area (Å²) in [5.41, 5.74) is 2.17. The summed E-state index contributed by atoms with van der Waals surface area (Å²) in [7, 11) is 3.35. The van der Waals surface area contributed by atoms with Crippen molar-refractivity contribution < 1.29 is 14.6 Å². The first-order valence-corrected chi connectivity index (χ1v) is 8.88. The van der Waals surface area contributed by atoms with Gasteiger partial charge in [-0.2, -0.15) is 0 Å². The third kappa shape index (κ3) is 4.14. The number of methoxy groups -OCH3 is 2. The maximum atomic E-state index is 10.6. The minimum atomic E-state index is -0.366. The molecule has 0 radical (unpaired) electrons. The number of rotatable bonds is 6. The van der Waals surface area contributed by atoms with Crippen LogP contribution in [-0.4, -0.2) is 37.3 Å². The Morgan fingerprint density at radius 1 is 1.00 bits per heavy atom. The summed E-state index contributed by atoms with van der Waals surface area (Å²) < 4.78 is 10.9. The first-order chi connectivity index (χ1) is 12.2. The van der Waals surface area contributed by atoms with Gasteiger partial charge in [0.2, 0.25) is 0 Å². The summed E-state index contributed by atoms with van der Waals surface area (Å²) in [6.07, 6.45) is 1.64. The summed E-state index contributed by atoms with van der Waals surface area (Å²) in [5, 5.41) is 10.6. The van der Waals surface area contributed by atoms with Crippen molar-refractivity contribution >= 4 is 0 Å². The molecule has 2 aromatic rings. The SMILES string of the molecule is COc1cccc(CN2CCC(C(O)c3ccccc3)CC2)c1OC. The molecule has 1 N–H and O–H groups in total. The van der Waals surface area contributed by atoms with Crippen LogP contribution in [-0.2, 0) is 6.54 Å². The van der Waals surface area contributed by atoms with Gasteiger partial charge in [-0.3, -0.25) is 4.90 Å². The van der Waals surface area contributed by atoms with E-state index in [0.29, 0.717) is 5.92 Å². The largest absolute Gasteiger partial charge is 0.493 e. The maximum absolute atomic E-state index is 10.6. The molecule has 25 heavy (non-hydrogen) atoms. The monoisotopic (exact) mass is 341 g/mol. The Morgan fingerprint density at radius 2 is 1.72 bits per heavy atom. The molecule has 2 aromatic carbocycles. The fraction of sp³-hybridized carbons (Fsp3) is 0.429. The van der Waals surface area contributed by atoms with Gasteiger partial charge in [-0.1, -0.05) is 42.5 Å². The average molecular weight is 341 g/mol. The number of aliphatic hydroxyl groups excluding tert-OH is 1. The van der Waals surface area contributed by atoms with Crippen LogP contribution in [0.1, 0.15) is 30.1 Å². The van der Waals surface area contributed by atoms with Gasteiger partial charge in [-0.05, 0) is 43.5 Å². The number of ether oxygens (including phenoxy) is 2. The zero-order valence-corrected chi connectivity index (χ0v) is 15.0. The molecule has 0 saturated carbocycles. The molecule has 4 heteroatoms. The van der Waals surface area contributed by atoms with Crippen LogP contribution < -0.4 is 9.47 Å². The molecule has 4 nitrogen and oxygen atoms in total. The highest BCUT2D eigenvalue weighted by Gasteiger charge is 2.26. The van der Waals surface area contributed by atoms with E-state index >= 15 is 0 Å². The van der Waals surface area contributed by atoms with E-state index < -0.39 is 0 Å². The Hall–Kier alpha value is -2.04. The normalized spacial score (nSPS) is 17.2. The van der Waals surface area contributed by atoms with Crippen molar-refractivity contribution in [1.82, 2.24) is 4.90 Å². The van der Waals surface area contributed by atoms with Crippen LogP contribution in [0.25, 0.3) is 0 Å². The molecule has 134 valence electrons. The summed E-state index contributed by atoms with van der Waals surface area (Å²) in [5.74, 6) is 1.91. The molecule has 0 aliphatic carbocycles. The van der Waals surface area contributed by atoms with E-state index in [-0.39, 0.29) is 6.10 Å². The van der Waals surface area contributed by atoms with E-state index in [1.54, 1.807) is 14.2 Å². The summed E-state index contributed by atoms with van der Waals surface area (Å²) >= 11 is 0. The lowest BCUT2D eigenvalue weighted by Crippen LogP contribution is -2.35. The van der Waals surface area contributed by atoms with Crippen molar-refractivity contribution in [3.05, 3.63) is 59.7 Å². The lowest BCUT2D eigenvalue weighted by Gasteiger charge is -2.34. The number of benzene rings is 2. The Labute approximate surface area is 150 Å². The zero-order chi connectivity index (χ0) is 17.6. The van der Waals surface area contributed by atoms with E-state index in [1.165, 1.54) is 0 Å². The first kappa shape index (κ1) is 17.8. The highest BCUT2D eigenvalue weighted by Crippen LogP contribution is 2.34. The zero-order valence-electron chi connectivity index (χ0n) is 15.0. The van der Waals surface area contributed by atoms with Crippen molar-refractivity contribution in [2.45, 2.75) is 25.5 Å². The van der Waals surface area contributed by atoms with E-state index in [4.69, 9.17) is 9.47 Å². The van der Waals surface area contributed by atoms with Crippen molar-refractivity contribution in [2.75, 3.05) is 27.3 Å². The quantitative estimate of drug-likeness (QED) is 0.871. The fourth-order valence-corrected chi connectivity index (χ4v) is 3.67. The van der Waals surface area contributed by atoms with Gasteiger partial charge in [-0.25, -0.2) is 0 Å². The Morgan fingerprint density at radius 3 is 2.36 bits per heavy atom. The number of aliphatic hydroxyl groups is 1. The number of hydrogen-bond donors (Lipinski definition) is 1. The standard InChI is InChI=1S/C21H27NO3/c1-24-19-10-6-9-18(21(19)25-2)15-22-13-11-17(12-14-22)20(23)16-7-4-3-5-8-16/h3-10,17,20,23H,11-15H2,1-2H3. The van der Waals surface area contributed by atoms with Crippen molar-refractivity contribution in [1.29, 1.82) is 0 Å². The van der Waals surface area contributed by atoms with Gasteiger partial charge in [0.05, 0.1) is 20.3 Å². The molecular formula is C21H27NO3. The Balaban J connectivity index is 1.60. The lowest BCUT2D eigenvalue weighted by molar-refractivity contribution is 0.0565. The number of likely N-dealkylation sites (tertiary alicyclic amines) is 1. The van der Waals surface area contributed by atoms with Gasteiger partial charge in [0.1, 0.15) is 0 Å². The van der Waals surface area contributed by atoms with Crippen LogP contribution in [0, 0.1) is 5.92 Å². The van der Waals surface area contributed by atoms with Crippen LogP contribution in [0.3, 0.4) is 0 Å². The Bertz CT molecular complexity index is 666. The van der Waals surface area contributed by atoms with Gasteiger partial charge in [0.15, 0.2) is 11.5 Å². The van der Waals surface area contributed by atoms with Gasteiger partial charge in [0, 0.05) is 12.1 Å². The predicted octanol–water partition coefficient (Wildman–Crippen LogP) is 3.65. The van der Waals surface area contributed by atoms with Crippen molar-refractivity contribution in [3.63, 3.8) is 0 Å². The van der Waals surface area contributed by atoms with E-state index in [0.717, 1.165) is 55.1 Å². The molecule has 3 rings (SSSR count). The average Bonchev–Trinajstić information content (AvgIpc) is 2.68. The molecule has 1 fully saturated rings. The number of nitrogens with zero attached hydrogens (tertiary/aromatic N) is 1. The molecule has 1 saturated heterocycles. The minimum absolute atomic E-state index is 0.325. The molecule has 1 atom stereocenters. The third-order valence-electron chi connectivity index (χ3n) is 5.10. The Kier molecular flexibility index (Phi) is 5.95. The maximum Gasteiger partial charge on any atom is 0.165 e. The smallest absolute Gasteiger partial charge is 0.165 e. The number of piperidine rings is 1.